The van der Waals surface area contributed by atoms with E-state index in [-0.39, 0.29) is 0 Å². The fourth-order valence-corrected chi connectivity index (χ4v) is 2.37. The first-order valence-electron chi connectivity index (χ1n) is 4.75. The molecule has 0 unspecified atom stereocenters. The maximum absolute atomic E-state index is 11.3. The van der Waals surface area contributed by atoms with Crippen molar-refractivity contribution in [1.29, 1.82) is 0 Å². The van der Waals surface area contributed by atoms with Gasteiger partial charge in [0.2, 0.25) is 0 Å². The molecule has 1 aromatic rings. The molecule has 1 heterocycles. The Hall–Kier alpha value is -0.900. The quantitative estimate of drug-likeness (QED) is 0.704. The van der Waals surface area contributed by atoms with Crippen molar-refractivity contribution in [2.75, 3.05) is 6.26 Å². The molecule has 0 aliphatic heterocycles. The van der Waals surface area contributed by atoms with Crippen molar-refractivity contribution in [3.8, 4) is 0 Å². The molecule has 0 fully saturated rings. The van der Waals surface area contributed by atoms with Gasteiger partial charge in [0, 0.05) is 18.1 Å². The zero-order valence-corrected chi connectivity index (χ0v) is 8.97. The molecule has 1 aliphatic carbocycles. The summed E-state index contributed by atoms with van der Waals surface area (Å²) in [6.45, 7) is 0. The van der Waals surface area contributed by atoms with Crippen molar-refractivity contribution in [2.45, 2.75) is 30.6 Å². The van der Waals surface area contributed by atoms with E-state index in [2.05, 4.69) is 4.98 Å². The first-order chi connectivity index (χ1) is 6.57. The van der Waals surface area contributed by atoms with Gasteiger partial charge in [0.15, 0.2) is 9.84 Å². The van der Waals surface area contributed by atoms with Crippen LogP contribution in [0.25, 0.3) is 0 Å². The van der Waals surface area contributed by atoms with Crippen LogP contribution in [-0.2, 0) is 22.7 Å². The monoisotopic (exact) mass is 211 g/mol. The van der Waals surface area contributed by atoms with Gasteiger partial charge in [-0.3, -0.25) is 4.98 Å². The molecule has 0 atom stereocenters. The number of sulfone groups is 1. The number of hydrogen-bond acceptors (Lipinski definition) is 3. The number of nitrogens with zero attached hydrogens (tertiary/aromatic N) is 1. The van der Waals surface area contributed by atoms with Crippen LogP contribution in [0.5, 0.6) is 0 Å². The van der Waals surface area contributed by atoms with Crippen LogP contribution in [0.15, 0.2) is 17.2 Å². The number of aryl methyl sites for hydroxylation is 2. The number of rotatable bonds is 1. The maximum Gasteiger partial charge on any atom is 0.177 e. The van der Waals surface area contributed by atoms with Gasteiger partial charge in [-0.2, -0.15) is 0 Å². The summed E-state index contributed by atoms with van der Waals surface area (Å²) in [5, 5.41) is 0. The van der Waals surface area contributed by atoms with Crippen molar-refractivity contribution in [3.63, 3.8) is 0 Å². The molecule has 14 heavy (non-hydrogen) atoms. The highest BCUT2D eigenvalue weighted by molar-refractivity contribution is 7.90. The Morgan fingerprint density at radius 3 is 2.71 bits per heavy atom. The van der Waals surface area contributed by atoms with E-state index in [1.54, 1.807) is 6.07 Å². The average Bonchev–Trinajstić information content (AvgIpc) is 2.16. The molecule has 0 aromatic carbocycles. The summed E-state index contributed by atoms with van der Waals surface area (Å²) in [5.74, 6) is 0. The van der Waals surface area contributed by atoms with E-state index in [1.807, 2.05) is 0 Å². The van der Waals surface area contributed by atoms with Crippen LogP contribution >= 0.6 is 0 Å². The molecule has 0 bridgehead atoms. The highest BCUT2D eigenvalue weighted by Gasteiger charge is 2.14. The molecule has 3 nitrogen and oxygen atoms in total. The van der Waals surface area contributed by atoms with Crippen LogP contribution in [0, 0.1) is 0 Å². The van der Waals surface area contributed by atoms with Gasteiger partial charge in [-0.25, -0.2) is 8.42 Å². The fraction of sp³-hybridized carbons (Fsp3) is 0.500. The summed E-state index contributed by atoms with van der Waals surface area (Å²) in [6.07, 6.45) is 6.95. The van der Waals surface area contributed by atoms with E-state index in [0.717, 1.165) is 36.9 Å². The topological polar surface area (TPSA) is 47.0 Å². The third-order valence-corrected chi connectivity index (χ3v) is 3.65. The van der Waals surface area contributed by atoms with Gasteiger partial charge in [-0.05, 0) is 37.3 Å². The van der Waals surface area contributed by atoms with Crippen LogP contribution in [0.2, 0.25) is 0 Å². The van der Waals surface area contributed by atoms with E-state index in [9.17, 15) is 8.42 Å². The first-order valence-corrected chi connectivity index (χ1v) is 6.64. The minimum atomic E-state index is -3.10. The molecular weight excluding hydrogens is 198 g/mol. The van der Waals surface area contributed by atoms with Crippen molar-refractivity contribution in [1.82, 2.24) is 4.98 Å². The van der Waals surface area contributed by atoms with E-state index in [0.29, 0.717) is 4.90 Å². The van der Waals surface area contributed by atoms with Gasteiger partial charge >= 0.3 is 0 Å². The van der Waals surface area contributed by atoms with E-state index < -0.39 is 9.84 Å². The lowest BCUT2D eigenvalue weighted by atomic mass is 9.96. The highest BCUT2D eigenvalue weighted by atomic mass is 32.2. The molecule has 0 radical (unpaired) electrons. The summed E-state index contributed by atoms with van der Waals surface area (Å²) in [4.78, 5) is 4.55. The van der Waals surface area contributed by atoms with Gasteiger partial charge in [0.25, 0.3) is 0 Å². The number of fused-ring (bicyclic) bond motifs is 1. The third-order valence-electron chi connectivity index (χ3n) is 2.57. The lowest BCUT2D eigenvalue weighted by Gasteiger charge is -2.14. The molecule has 0 spiro atoms. The van der Waals surface area contributed by atoms with Crippen molar-refractivity contribution in [2.24, 2.45) is 0 Å². The lowest BCUT2D eigenvalue weighted by molar-refractivity contribution is 0.600. The zero-order chi connectivity index (χ0) is 10.2. The molecule has 76 valence electrons. The summed E-state index contributed by atoms with van der Waals surface area (Å²) in [6, 6.07) is 1.77. The predicted octanol–water partition coefficient (Wildman–Crippen LogP) is 1.36. The number of pyridine rings is 1. The average molecular weight is 211 g/mol. The van der Waals surface area contributed by atoms with Crippen LogP contribution in [-0.4, -0.2) is 19.7 Å². The second kappa shape index (κ2) is 3.35. The zero-order valence-electron chi connectivity index (χ0n) is 8.16. The number of hydrogen-bond donors (Lipinski definition) is 0. The minimum Gasteiger partial charge on any atom is -0.260 e. The van der Waals surface area contributed by atoms with Crippen LogP contribution in [0.3, 0.4) is 0 Å². The molecule has 1 aromatic heterocycles. The second-order valence-corrected chi connectivity index (χ2v) is 5.77. The Kier molecular flexibility index (Phi) is 2.31. The highest BCUT2D eigenvalue weighted by Crippen LogP contribution is 2.21. The normalized spacial score (nSPS) is 16.4. The molecule has 4 heteroatoms. The molecule has 0 saturated heterocycles. The van der Waals surface area contributed by atoms with Crippen LogP contribution in [0.1, 0.15) is 24.1 Å². The smallest absolute Gasteiger partial charge is 0.177 e. The van der Waals surface area contributed by atoms with Gasteiger partial charge in [-0.15, -0.1) is 0 Å². The first kappa shape index (κ1) is 9.65. The third kappa shape index (κ3) is 1.80. The molecule has 0 saturated carbocycles. The summed E-state index contributed by atoms with van der Waals surface area (Å²) in [5.41, 5.74) is 2.18. The summed E-state index contributed by atoms with van der Waals surface area (Å²) >= 11 is 0. The fourth-order valence-electron chi connectivity index (χ4n) is 1.77. The lowest BCUT2D eigenvalue weighted by Crippen LogP contribution is -2.08. The van der Waals surface area contributed by atoms with Gasteiger partial charge in [0.05, 0.1) is 4.90 Å². The molecule has 0 N–H and O–H groups in total. The molecule has 0 amide bonds. The van der Waals surface area contributed by atoms with Crippen molar-refractivity contribution in [3.05, 3.63) is 23.5 Å². The van der Waals surface area contributed by atoms with Crippen molar-refractivity contribution < 1.29 is 8.42 Å². The van der Waals surface area contributed by atoms with Gasteiger partial charge < -0.3 is 0 Å². The summed E-state index contributed by atoms with van der Waals surface area (Å²) < 4.78 is 22.6. The maximum atomic E-state index is 11.3. The number of aromatic nitrogens is 1. The molecule has 1 aliphatic rings. The van der Waals surface area contributed by atoms with Gasteiger partial charge in [0.1, 0.15) is 0 Å². The Bertz CT molecular complexity index is 451. The predicted molar refractivity (Wildman–Crippen MR) is 54.0 cm³/mol. The SMILES string of the molecule is CS(=O)(=O)c1cnc2c(c1)CCCC2. The van der Waals surface area contributed by atoms with Crippen molar-refractivity contribution >= 4 is 9.84 Å². The van der Waals surface area contributed by atoms with E-state index in [4.69, 9.17) is 0 Å². The Morgan fingerprint density at radius 2 is 2.00 bits per heavy atom. The second-order valence-electron chi connectivity index (χ2n) is 3.76. The Labute approximate surface area is 84.1 Å². The van der Waals surface area contributed by atoms with E-state index in [1.165, 1.54) is 12.5 Å². The van der Waals surface area contributed by atoms with Crippen LogP contribution < -0.4 is 0 Å². The van der Waals surface area contributed by atoms with E-state index >= 15 is 0 Å². The minimum absolute atomic E-state index is 0.346. The van der Waals surface area contributed by atoms with Gasteiger partial charge in [-0.1, -0.05) is 0 Å². The summed E-state index contributed by atoms with van der Waals surface area (Å²) in [7, 11) is -3.10. The standard InChI is InChI=1S/C10H13NO2S/c1-14(12,13)9-6-8-4-2-3-5-10(8)11-7-9/h6-7H,2-5H2,1H3. The Morgan fingerprint density at radius 1 is 1.29 bits per heavy atom. The van der Waals surface area contributed by atoms with Crippen LogP contribution in [0.4, 0.5) is 0 Å². The largest absolute Gasteiger partial charge is 0.260 e. The molecule has 2 rings (SSSR count). The molecular formula is C10H13NO2S. The Balaban J connectivity index is 2.49.